The van der Waals surface area contributed by atoms with Crippen molar-refractivity contribution < 1.29 is 27.9 Å². The Bertz CT molecular complexity index is 696. The molecule has 122 valence electrons. The Hall–Kier alpha value is -1.93. The lowest BCUT2D eigenvalue weighted by atomic mass is 10.1. The van der Waals surface area contributed by atoms with E-state index < -0.39 is 22.0 Å². The lowest BCUT2D eigenvalue weighted by Gasteiger charge is -2.19. The van der Waals surface area contributed by atoms with Gasteiger partial charge in [-0.3, -0.25) is 4.79 Å². The van der Waals surface area contributed by atoms with Gasteiger partial charge in [-0.05, 0) is 37.1 Å². The minimum absolute atomic E-state index is 0.0270. The molecule has 0 aliphatic rings. The van der Waals surface area contributed by atoms with Crippen molar-refractivity contribution >= 4 is 22.0 Å². The number of hydrogen-bond acceptors (Lipinski definition) is 5. The van der Waals surface area contributed by atoms with Crippen LogP contribution in [0.4, 0.5) is 0 Å². The van der Waals surface area contributed by atoms with E-state index in [9.17, 15) is 18.0 Å². The first-order valence-electron chi connectivity index (χ1n) is 6.49. The molecule has 7 nitrogen and oxygen atoms in total. The van der Waals surface area contributed by atoms with Crippen LogP contribution in [0, 0.1) is 13.8 Å². The lowest BCUT2D eigenvalue weighted by molar-refractivity contribution is -0.137. The summed E-state index contributed by atoms with van der Waals surface area (Å²) in [5.74, 6) is -1.72. The molecule has 0 aliphatic heterocycles. The molecule has 0 aromatic heterocycles. The van der Waals surface area contributed by atoms with Crippen molar-refractivity contribution in [2.24, 2.45) is 0 Å². The van der Waals surface area contributed by atoms with E-state index in [4.69, 9.17) is 5.11 Å². The molecular weight excluding hydrogens is 310 g/mol. The SMILES string of the molecule is COC(=O)c1cc(C)c(C)c(S(=O)(=O)N(C)CCC(=O)O)c1. The second-order valence-corrected chi connectivity index (χ2v) is 6.89. The zero-order chi connectivity index (χ0) is 17.1. The van der Waals surface area contributed by atoms with E-state index in [1.165, 1.54) is 20.2 Å². The van der Waals surface area contributed by atoms with Gasteiger partial charge in [0.1, 0.15) is 0 Å². The average Bonchev–Trinajstić information content (AvgIpc) is 2.45. The number of nitrogens with zero attached hydrogens (tertiary/aromatic N) is 1. The fraction of sp³-hybridized carbons (Fsp3) is 0.429. The maximum atomic E-state index is 12.6. The average molecular weight is 329 g/mol. The summed E-state index contributed by atoms with van der Waals surface area (Å²) >= 11 is 0. The van der Waals surface area contributed by atoms with E-state index in [1.807, 2.05) is 0 Å². The summed E-state index contributed by atoms with van der Waals surface area (Å²) in [6.07, 6.45) is -0.301. The number of aliphatic carboxylic acids is 1. The Morgan fingerprint density at radius 1 is 1.27 bits per heavy atom. The Morgan fingerprint density at radius 2 is 1.86 bits per heavy atom. The van der Waals surface area contributed by atoms with Gasteiger partial charge in [-0.15, -0.1) is 0 Å². The fourth-order valence-electron chi connectivity index (χ4n) is 1.87. The van der Waals surface area contributed by atoms with E-state index in [2.05, 4.69) is 4.74 Å². The minimum Gasteiger partial charge on any atom is -0.481 e. The molecule has 1 N–H and O–H groups in total. The Kier molecular flexibility index (Phi) is 5.67. The summed E-state index contributed by atoms with van der Waals surface area (Å²) in [7, 11) is -1.37. The molecule has 8 heteroatoms. The van der Waals surface area contributed by atoms with Gasteiger partial charge in [0.2, 0.25) is 10.0 Å². The molecular formula is C14H19NO6S. The van der Waals surface area contributed by atoms with Crippen LogP contribution in [-0.4, -0.2) is 50.5 Å². The zero-order valence-electron chi connectivity index (χ0n) is 12.9. The standard InChI is InChI=1S/C14H19NO6S/c1-9-7-11(14(18)21-4)8-12(10(9)2)22(19,20)15(3)6-5-13(16)17/h7-8H,5-6H2,1-4H3,(H,16,17). The van der Waals surface area contributed by atoms with Crippen LogP contribution in [0.25, 0.3) is 0 Å². The number of ether oxygens (including phenoxy) is 1. The van der Waals surface area contributed by atoms with Gasteiger partial charge >= 0.3 is 11.9 Å². The molecule has 0 spiro atoms. The van der Waals surface area contributed by atoms with Crippen LogP contribution in [-0.2, 0) is 19.6 Å². The van der Waals surface area contributed by atoms with Crippen molar-refractivity contribution in [3.05, 3.63) is 28.8 Å². The third-order valence-electron chi connectivity index (χ3n) is 3.37. The maximum absolute atomic E-state index is 12.6. The van der Waals surface area contributed by atoms with E-state index >= 15 is 0 Å². The van der Waals surface area contributed by atoms with Gasteiger partial charge in [-0.2, -0.15) is 0 Å². The Labute approximate surface area is 129 Å². The molecule has 0 heterocycles. The van der Waals surface area contributed by atoms with Crippen molar-refractivity contribution in [3.63, 3.8) is 0 Å². The zero-order valence-corrected chi connectivity index (χ0v) is 13.7. The van der Waals surface area contributed by atoms with Crippen LogP contribution in [0.2, 0.25) is 0 Å². The van der Waals surface area contributed by atoms with Gasteiger partial charge in [0.25, 0.3) is 0 Å². The van der Waals surface area contributed by atoms with Gasteiger partial charge in [0.15, 0.2) is 0 Å². The number of methoxy groups -OCH3 is 1. The minimum atomic E-state index is -3.89. The first-order valence-corrected chi connectivity index (χ1v) is 7.93. The van der Waals surface area contributed by atoms with Crippen molar-refractivity contribution in [2.45, 2.75) is 25.2 Å². The Balaban J connectivity index is 3.31. The molecule has 0 radical (unpaired) electrons. The summed E-state index contributed by atoms with van der Waals surface area (Å²) in [5.41, 5.74) is 1.28. The van der Waals surface area contributed by atoms with Crippen molar-refractivity contribution in [1.29, 1.82) is 0 Å². The molecule has 22 heavy (non-hydrogen) atoms. The molecule has 0 saturated carbocycles. The van der Waals surface area contributed by atoms with Gasteiger partial charge in [-0.1, -0.05) is 0 Å². The molecule has 1 aromatic carbocycles. The molecule has 0 bridgehead atoms. The fourth-order valence-corrected chi connectivity index (χ4v) is 3.36. The molecule has 1 rings (SSSR count). The highest BCUT2D eigenvalue weighted by molar-refractivity contribution is 7.89. The molecule has 0 aliphatic carbocycles. The summed E-state index contributed by atoms with van der Waals surface area (Å²) in [5, 5.41) is 8.66. The summed E-state index contributed by atoms with van der Waals surface area (Å²) < 4.78 is 30.7. The number of aryl methyl sites for hydroxylation is 1. The van der Waals surface area contributed by atoms with E-state index in [1.54, 1.807) is 19.9 Å². The second kappa shape index (κ2) is 6.89. The topological polar surface area (TPSA) is 101 Å². The summed E-state index contributed by atoms with van der Waals surface area (Å²) in [6, 6.07) is 2.80. The second-order valence-electron chi connectivity index (χ2n) is 4.88. The number of benzene rings is 1. The van der Waals surface area contributed by atoms with Crippen LogP contribution in [0.3, 0.4) is 0 Å². The van der Waals surface area contributed by atoms with Crippen molar-refractivity contribution in [1.82, 2.24) is 4.31 Å². The molecule has 0 atom stereocenters. The Morgan fingerprint density at radius 3 is 2.36 bits per heavy atom. The lowest BCUT2D eigenvalue weighted by Crippen LogP contribution is -2.30. The van der Waals surface area contributed by atoms with Gasteiger partial charge in [-0.25, -0.2) is 17.5 Å². The predicted molar refractivity (Wildman–Crippen MR) is 79.3 cm³/mol. The number of sulfonamides is 1. The third kappa shape index (κ3) is 3.83. The van der Waals surface area contributed by atoms with E-state index in [-0.39, 0.29) is 23.4 Å². The summed E-state index contributed by atoms with van der Waals surface area (Å²) in [4.78, 5) is 22.2. The number of carbonyl (C=O) groups excluding carboxylic acids is 1. The number of carboxylic acid groups (broad SMARTS) is 1. The van der Waals surface area contributed by atoms with Crippen molar-refractivity contribution in [2.75, 3.05) is 20.7 Å². The van der Waals surface area contributed by atoms with Crippen LogP contribution >= 0.6 is 0 Å². The highest BCUT2D eigenvalue weighted by atomic mass is 32.2. The highest BCUT2D eigenvalue weighted by Crippen LogP contribution is 2.24. The first-order chi connectivity index (χ1) is 10.1. The van der Waals surface area contributed by atoms with Gasteiger partial charge in [0, 0.05) is 13.6 Å². The number of rotatable bonds is 6. The molecule has 0 amide bonds. The summed E-state index contributed by atoms with van der Waals surface area (Å²) in [6.45, 7) is 3.17. The van der Waals surface area contributed by atoms with Crippen LogP contribution in [0.15, 0.2) is 17.0 Å². The third-order valence-corrected chi connectivity index (χ3v) is 5.35. The molecule has 0 fully saturated rings. The normalized spacial score (nSPS) is 11.5. The molecule has 0 saturated heterocycles. The number of carboxylic acids is 1. The number of carbonyl (C=O) groups is 2. The van der Waals surface area contributed by atoms with Crippen LogP contribution in [0.1, 0.15) is 27.9 Å². The highest BCUT2D eigenvalue weighted by Gasteiger charge is 2.25. The monoisotopic (exact) mass is 329 g/mol. The predicted octanol–water partition coefficient (Wildman–Crippen LogP) is 1.19. The van der Waals surface area contributed by atoms with Crippen molar-refractivity contribution in [3.8, 4) is 0 Å². The van der Waals surface area contributed by atoms with Gasteiger partial charge in [0.05, 0.1) is 24.0 Å². The maximum Gasteiger partial charge on any atom is 0.337 e. The largest absolute Gasteiger partial charge is 0.481 e. The molecule has 0 unspecified atom stereocenters. The van der Waals surface area contributed by atoms with Crippen LogP contribution in [0.5, 0.6) is 0 Å². The smallest absolute Gasteiger partial charge is 0.337 e. The van der Waals surface area contributed by atoms with E-state index in [0.717, 1.165) is 4.31 Å². The van der Waals surface area contributed by atoms with E-state index in [0.29, 0.717) is 11.1 Å². The number of esters is 1. The van der Waals surface area contributed by atoms with Crippen LogP contribution < -0.4 is 0 Å². The first kappa shape index (κ1) is 18.1. The number of hydrogen-bond donors (Lipinski definition) is 1. The molecule has 1 aromatic rings. The van der Waals surface area contributed by atoms with Gasteiger partial charge < -0.3 is 9.84 Å². The quantitative estimate of drug-likeness (QED) is 0.787.